The molecule has 1 aromatic carbocycles. The Kier molecular flexibility index (Phi) is 6.53. The predicted molar refractivity (Wildman–Crippen MR) is 122 cm³/mol. The van der Waals surface area contributed by atoms with Gasteiger partial charge in [0.15, 0.2) is 0 Å². The Hall–Kier alpha value is -1.80. The third-order valence-electron chi connectivity index (χ3n) is 5.26. The largest absolute Gasteiger partial charge is 0.383 e. The Morgan fingerprint density at radius 2 is 2.03 bits per heavy atom. The van der Waals surface area contributed by atoms with Crippen molar-refractivity contribution < 1.29 is 4.39 Å². The van der Waals surface area contributed by atoms with E-state index in [1.807, 2.05) is 29.9 Å². The van der Waals surface area contributed by atoms with Crippen LogP contribution in [0.25, 0.3) is 11.3 Å². The van der Waals surface area contributed by atoms with E-state index in [1.54, 1.807) is 6.20 Å². The third-order valence-corrected chi connectivity index (χ3v) is 7.14. The van der Waals surface area contributed by atoms with Gasteiger partial charge < -0.3 is 11.1 Å². The molecule has 3 heterocycles. The van der Waals surface area contributed by atoms with E-state index in [0.717, 1.165) is 42.1 Å². The van der Waals surface area contributed by atoms with Gasteiger partial charge in [0.25, 0.3) is 0 Å². The second-order valence-electron chi connectivity index (χ2n) is 7.29. The van der Waals surface area contributed by atoms with Gasteiger partial charge in [0.05, 0.1) is 21.7 Å². The number of nitrogens with zero attached hydrogens (tertiary/aromatic N) is 3. The van der Waals surface area contributed by atoms with Crippen molar-refractivity contribution in [2.24, 2.45) is 0 Å². The molecule has 1 fully saturated rings. The molecule has 4 rings (SSSR count). The van der Waals surface area contributed by atoms with Gasteiger partial charge in [-0.05, 0) is 57.1 Å². The first-order valence-corrected chi connectivity index (χ1v) is 11.4. The molecule has 1 aliphatic heterocycles. The van der Waals surface area contributed by atoms with Crippen molar-refractivity contribution in [1.29, 1.82) is 0 Å². The zero-order chi connectivity index (χ0) is 21.3. The summed E-state index contributed by atoms with van der Waals surface area (Å²) < 4.78 is 16.0. The minimum absolute atomic E-state index is 0.0332. The number of hydrogen-bond donors (Lipinski definition) is 2. The van der Waals surface area contributed by atoms with E-state index in [1.165, 1.54) is 23.9 Å². The van der Waals surface area contributed by atoms with Crippen molar-refractivity contribution in [1.82, 2.24) is 20.1 Å². The molecule has 0 spiro atoms. The summed E-state index contributed by atoms with van der Waals surface area (Å²) in [5, 5.41) is 8.37. The summed E-state index contributed by atoms with van der Waals surface area (Å²) in [7, 11) is 0. The van der Waals surface area contributed by atoms with E-state index in [-0.39, 0.29) is 10.3 Å². The van der Waals surface area contributed by atoms with E-state index in [9.17, 15) is 4.39 Å². The van der Waals surface area contributed by atoms with Gasteiger partial charge in [-0.3, -0.25) is 4.68 Å². The molecular formula is C21H22Cl2FN5S. The SMILES string of the molecule is CC(Sc1cc(-c2ccn(C3CCNCC3)n2)cnc1N)c1c(Cl)ccc(F)c1Cl. The van der Waals surface area contributed by atoms with Crippen molar-refractivity contribution in [3.63, 3.8) is 0 Å². The van der Waals surface area contributed by atoms with Crippen molar-refractivity contribution in [3.05, 3.63) is 58.1 Å². The van der Waals surface area contributed by atoms with Gasteiger partial charge in [-0.2, -0.15) is 5.10 Å². The third kappa shape index (κ3) is 4.44. The molecule has 0 radical (unpaired) electrons. The standard InChI is InChI=1S/C21H22Cl2FN5S/c1-12(19-15(22)2-3-16(24)20(19)23)30-18-10-13(11-27-21(18)25)17-6-9-29(28-17)14-4-7-26-8-5-14/h2-3,6,9-12,14,26H,4-5,7-8H2,1H3,(H2,25,27). The normalized spacial score (nSPS) is 16.0. The highest BCUT2D eigenvalue weighted by Crippen LogP contribution is 2.44. The lowest BCUT2D eigenvalue weighted by atomic mass is 10.1. The molecule has 0 bridgehead atoms. The maximum absolute atomic E-state index is 13.9. The van der Waals surface area contributed by atoms with E-state index in [0.29, 0.717) is 22.4 Å². The van der Waals surface area contributed by atoms with Crippen LogP contribution < -0.4 is 11.1 Å². The van der Waals surface area contributed by atoms with Gasteiger partial charge in [-0.15, -0.1) is 11.8 Å². The summed E-state index contributed by atoms with van der Waals surface area (Å²) in [5.41, 5.74) is 8.38. The molecule has 30 heavy (non-hydrogen) atoms. The average Bonchev–Trinajstić information content (AvgIpc) is 3.24. The van der Waals surface area contributed by atoms with E-state index >= 15 is 0 Å². The lowest BCUT2D eigenvalue weighted by molar-refractivity contribution is 0.343. The summed E-state index contributed by atoms with van der Waals surface area (Å²) in [5.74, 6) is -0.0937. The van der Waals surface area contributed by atoms with Crippen LogP contribution in [0.4, 0.5) is 10.2 Å². The molecule has 0 amide bonds. The number of pyridine rings is 1. The molecule has 1 unspecified atom stereocenters. The number of benzene rings is 1. The lowest BCUT2D eigenvalue weighted by Gasteiger charge is -2.22. The first kappa shape index (κ1) is 21.4. The molecule has 9 heteroatoms. The van der Waals surface area contributed by atoms with Crippen LogP contribution in [-0.4, -0.2) is 27.9 Å². The molecule has 1 saturated heterocycles. The molecule has 158 valence electrons. The number of aromatic nitrogens is 3. The maximum Gasteiger partial charge on any atom is 0.142 e. The summed E-state index contributed by atoms with van der Waals surface area (Å²) in [6.45, 7) is 3.93. The number of anilines is 1. The van der Waals surface area contributed by atoms with Gasteiger partial charge in [0, 0.05) is 33.8 Å². The zero-order valence-corrected chi connectivity index (χ0v) is 18.7. The molecule has 5 nitrogen and oxygen atoms in total. The molecule has 1 atom stereocenters. The predicted octanol–water partition coefficient (Wildman–Crippen LogP) is 5.75. The van der Waals surface area contributed by atoms with Crippen LogP contribution in [0.3, 0.4) is 0 Å². The molecule has 1 aliphatic rings. The summed E-state index contributed by atoms with van der Waals surface area (Å²) in [6, 6.07) is 7.14. The fourth-order valence-corrected chi connectivity index (χ4v) is 5.56. The summed E-state index contributed by atoms with van der Waals surface area (Å²) in [4.78, 5) is 5.12. The Morgan fingerprint density at radius 3 is 2.80 bits per heavy atom. The van der Waals surface area contributed by atoms with Crippen LogP contribution in [0.1, 0.15) is 36.6 Å². The first-order valence-electron chi connectivity index (χ1n) is 9.76. The zero-order valence-electron chi connectivity index (χ0n) is 16.4. The quantitative estimate of drug-likeness (QED) is 0.370. The highest BCUT2D eigenvalue weighted by atomic mass is 35.5. The Bertz CT molecular complexity index is 1050. The van der Waals surface area contributed by atoms with Gasteiger partial charge >= 0.3 is 0 Å². The number of halogens is 3. The summed E-state index contributed by atoms with van der Waals surface area (Å²) in [6.07, 6.45) is 5.87. The van der Waals surface area contributed by atoms with Crippen LogP contribution >= 0.6 is 35.0 Å². The number of rotatable bonds is 5. The molecule has 0 saturated carbocycles. The Labute approximate surface area is 189 Å². The smallest absolute Gasteiger partial charge is 0.142 e. The number of piperidine rings is 1. The van der Waals surface area contributed by atoms with Gasteiger partial charge in [-0.25, -0.2) is 9.37 Å². The second-order valence-corrected chi connectivity index (χ2v) is 9.45. The summed E-state index contributed by atoms with van der Waals surface area (Å²) >= 11 is 13.9. The van der Waals surface area contributed by atoms with Crippen molar-refractivity contribution >= 4 is 40.8 Å². The Morgan fingerprint density at radius 1 is 1.27 bits per heavy atom. The minimum atomic E-state index is -0.494. The van der Waals surface area contributed by atoms with Crippen LogP contribution in [-0.2, 0) is 0 Å². The van der Waals surface area contributed by atoms with E-state index in [2.05, 4.69) is 10.3 Å². The second kappa shape index (κ2) is 9.14. The highest BCUT2D eigenvalue weighted by molar-refractivity contribution is 7.99. The maximum atomic E-state index is 13.9. The van der Waals surface area contributed by atoms with Gasteiger partial charge in [0.2, 0.25) is 0 Å². The van der Waals surface area contributed by atoms with Crippen LogP contribution in [0.5, 0.6) is 0 Å². The minimum Gasteiger partial charge on any atom is -0.383 e. The number of thioether (sulfide) groups is 1. The van der Waals surface area contributed by atoms with E-state index < -0.39 is 5.82 Å². The van der Waals surface area contributed by atoms with Gasteiger partial charge in [-0.1, -0.05) is 23.2 Å². The van der Waals surface area contributed by atoms with Crippen LogP contribution in [0.15, 0.2) is 41.6 Å². The number of nitrogen functional groups attached to an aromatic ring is 1. The van der Waals surface area contributed by atoms with Crippen molar-refractivity contribution in [2.45, 2.75) is 36.0 Å². The Balaban J connectivity index is 1.58. The number of hydrogen-bond acceptors (Lipinski definition) is 5. The topological polar surface area (TPSA) is 68.8 Å². The highest BCUT2D eigenvalue weighted by Gasteiger charge is 2.20. The molecule has 0 aliphatic carbocycles. The average molecular weight is 466 g/mol. The first-order chi connectivity index (χ1) is 14.4. The molecule has 2 aromatic heterocycles. The number of nitrogens with one attached hydrogen (secondary N) is 1. The van der Waals surface area contributed by atoms with Crippen molar-refractivity contribution in [3.8, 4) is 11.3 Å². The fourth-order valence-electron chi connectivity index (χ4n) is 3.62. The lowest BCUT2D eigenvalue weighted by Crippen LogP contribution is -2.29. The van der Waals surface area contributed by atoms with Crippen LogP contribution in [0, 0.1) is 5.82 Å². The molecular weight excluding hydrogens is 444 g/mol. The van der Waals surface area contributed by atoms with Crippen LogP contribution in [0.2, 0.25) is 10.0 Å². The fraction of sp³-hybridized carbons (Fsp3) is 0.333. The molecule has 3 N–H and O–H groups in total. The number of nitrogens with two attached hydrogens (primary N) is 1. The molecule has 3 aromatic rings. The van der Waals surface area contributed by atoms with E-state index in [4.69, 9.17) is 34.0 Å². The van der Waals surface area contributed by atoms with Crippen molar-refractivity contribution in [2.75, 3.05) is 18.8 Å². The monoisotopic (exact) mass is 465 g/mol. The van der Waals surface area contributed by atoms with Gasteiger partial charge in [0.1, 0.15) is 11.6 Å².